The Kier molecular flexibility index (Phi) is 3.71. The average molecular weight is 180 g/mol. The molecule has 0 N–H and O–H groups in total. The van der Waals surface area contributed by atoms with E-state index in [4.69, 9.17) is 0 Å². The molecular weight excluding hydrogens is 160 g/mol. The monoisotopic (exact) mass is 180 g/mol. The first-order chi connectivity index (χ1) is 6.15. The highest BCUT2D eigenvalue weighted by Crippen LogP contribution is 2.37. The fourth-order valence-electron chi connectivity index (χ4n) is 2.32. The van der Waals surface area contributed by atoms with Crippen LogP contribution in [0.15, 0.2) is 12.2 Å². The number of allylic oxidation sites excluding steroid dienone is 1. The maximum atomic E-state index is 10.5. The summed E-state index contributed by atoms with van der Waals surface area (Å²) in [5.41, 5.74) is 1.29. The van der Waals surface area contributed by atoms with Gasteiger partial charge in [0.2, 0.25) is 0 Å². The molecule has 1 saturated carbocycles. The molecule has 0 aromatic carbocycles. The van der Waals surface area contributed by atoms with Crippen LogP contribution in [0.4, 0.5) is 0 Å². The summed E-state index contributed by atoms with van der Waals surface area (Å²) in [7, 11) is 0. The molecular formula is C12H20O. The fourth-order valence-corrected chi connectivity index (χ4v) is 2.32. The SMILES string of the molecule is C=C(C)[C@@H]1CC[C@@H](C)[C@H](CC=O)C1. The molecule has 13 heavy (non-hydrogen) atoms. The number of hydrogen-bond acceptors (Lipinski definition) is 1. The zero-order chi connectivity index (χ0) is 9.84. The Balaban J connectivity index is 2.52. The van der Waals surface area contributed by atoms with Gasteiger partial charge in [-0.2, -0.15) is 0 Å². The van der Waals surface area contributed by atoms with Crippen LogP contribution in [0.1, 0.15) is 39.5 Å². The van der Waals surface area contributed by atoms with Crippen molar-refractivity contribution in [3.63, 3.8) is 0 Å². The molecule has 0 aliphatic heterocycles. The van der Waals surface area contributed by atoms with Crippen molar-refractivity contribution in [2.45, 2.75) is 39.5 Å². The van der Waals surface area contributed by atoms with Crippen molar-refractivity contribution in [1.82, 2.24) is 0 Å². The summed E-state index contributed by atoms with van der Waals surface area (Å²) in [5.74, 6) is 2.00. The van der Waals surface area contributed by atoms with Crippen LogP contribution in [0, 0.1) is 17.8 Å². The highest BCUT2D eigenvalue weighted by atomic mass is 16.1. The maximum absolute atomic E-state index is 10.5. The summed E-state index contributed by atoms with van der Waals surface area (Å²) in [6.07, 6.45) is 5.52. The Morgan fingerprint density at radius 3 is 2.77 bits per heavy atom. The summed E-state index contributed by atoms with van der Waals surface area (Å²) in [6, 6.07) is 0. The van der Waals surface area contributed by atoms with E-state index in [1.54, 1.807) is 0 Å². The van der Waals surface area contributed by atoms with Crippen LogP contribution >= 0.6 is 0 Å². The van der Waals surface area contributed by atoms with Crippen LogP contribution < -0.4 is 0 Å². The van der Waals surface area contributed by atoms with Crippen molar-refractivity contribution >= 4 is 6.29 Å². The van der Waals surface area contributed by atoms with Crippen molar-refractivity contribution < 1.29 is 4.79 Å². The summed E-state index contributed by atoms with van der Waals surface area (Å²) >= 11 is 0. The Morgan fingerprint density at radius 1 is 1.54 bits per heavy atom. The molecule has 3 atom stereocenters. The van der Waals surface area contributed by atoms with Gasteiger partial charge in [-0.1, -0.05) is 19.1 Å². The molecule has 0 amide bonds. The fraction of sp³-hybridized carbons (Fsp3) is 0.750. The van der Waals surface area contributed by atoms with Gasteiger partial charge < -0.3 is 4.79 Å². The van der Waals surface area contributed by atoms with Gasteiger partial charge >= 0.3 is 0 Å². The smallest absolute Gasteiger partial charge is 0.120 e. The zero-order valence-electron chi connectivity index (χ0n) is 8.75. The molecule has 0 saturated heterocycles. The van der Waals surface area contributed by atoms with Gasteiger partial charge in [0.05, 0.1) is 0 Å². The van der Waals surface area contributed by atoms with Crippen molar-refractivity contribution in [2.75, 3.05) is 0 Å². The van der Waals surface area contributed by atoms with E-state index in [-0.39, 0.29) is 0 Å². The third-order valence-corrected chi connectivity index (χ3v) is 3.46. The predicted octanol–water partition coefficient (Wildman–Crippen LogP) is 3.20. The third-order valence-electron chi connectivity index (χ3n) is 3.46. The van der Waals surface area contributed by atoms with Crippen molar-refractivity contribution in [2.24, 2.45) is 17.8 Å². The van der Waals surface area contributed by atoms with Gasteiger partial charge in [-0.3, -0.25) is 0 Å². The van der Waals surface area contributed by atoms with Gasteiger partial charge in [0.25, 0.3) is 0 Å². The summed E-state index contributed by atoms with van der Waals surface area (Å²) < 4.78 is 0. The molecule has 0 unspecified atom stereocenters. The summed E-state index contributed by atoms with van der Waals surface area (Å²) in [4.78, 5) is 10.5. The van der Waals surface area contributed by atoms with Gasteiger partial charge in [0.1, 0.15) is 6.29 Å². The first kappa shape index (κ1) is 10.5. The van der Waals surface area contributed by atoms with Crippen molar-refractivity contribution in [1.29, 1.82) is 0 Å². The van der Waals surface area contributed by atoms with E-state index >= 15 is 0 Å². The lowest BCUT2D eigenvalue weighted by Gasteiger charge is -2.33. The van der Waals surface area contributed by atoms with Crippen molar-refractivity contribution in [3.8, 4) is 0 Å². The molecule has 1 heteroatoms. The van der Waals surface area contributed by atoms with Crippen molar-refractivity contribution in [3.05, 3.63) is 12.2 Å². The van der Waals surface area contributed by atoms with Crippen LogP contribution in [0.3, 0.4) is 0 Å². The van der Waals surface area contributed by atoms with Gasteiger partial charge in [0, 0.05) is 6.42 Å². The molecule has 0 radical (unpaired) electrons. The molecule has 0 aromatic rings. The Labute approximate surface area is 81.2 Å². The summed E-state index contributed by atoms with van der Waals surface area (Å²) in [5, 5.41) is 0. The second-order valence-corrected chi connectivity index (χ2v) is 4.50. The number of hydrogen-bond donors (Lipinski definition) is 0. The maximum Gasteiger partial charge on any atom is 0.120 e. The standard InChI is InChI=1S/C12H20O/c1-9(2)11-5-4-10(3)12(8-11)6-7-13/h7,10-12H,1,4-6,8H2,2-3H3/t10-,11-,12-/m1/s1. The number of carbonyl (C=O) groups excluding carboxylic acids is 1. The quantitative estimate of drug-likeness (QED) is 0.481. The lowest BCUT2D eigenvalue weighted by atomic mass is 9.72. The molecule has 1 rings (SSSR count). The molecule has 1 fully saturated rings. The molecule has 0 heterocycles. The molecule has 0 bridgehead atoms. The number of rotatable bonds is 3. The minimum Gasteiger partial charge on any atom is -0.303 e. The van der Waals surface area contributed by atoms with Crippen LogP contribution in [-0.4, -0.2) is 6.29 Å². The number of aldehydes is 1. The Morgan fingerprint density at radius 2 is 2.23 bits per heavy atom. The van der Waals surface area contributed by atoms with Gasteiger partial charge in [-0.15, -0.1) is 0 Å². The second-order valence-electron chi connectivity index (χ2n) is 4.50. The Hall–Kier alpha value is -0.590. The normalized spacial score (nSPS) is 34.2. The molecule has 0 aromatic heterocycles. The van der Waals surface area contributed by atoms with Crippen LogP contribution in [0.5, 0.6) is 0 Å². The lowest BCUT2D eigenvalue weighted by Crippen LogP contribution is -2.23. The number of carbonyl (C=O) groups is 1. The predicted molar refractivity (Wildman–Crippen MR) is 55.5 cm³/mol. The topological polar surface area (TPSA) is 17.1 Å². The van der Waals surface area contributed by atoms with Gasteiger partial charge in [-0.05, 0) is 43.9 Å². The molecule has 74 valence electrons. The highest BCUT2D eigenvalue weighted by molar-refractivity contribution is 5.49. The molecule has 1 nitrogen and oxygen atoms in total. The van der Waals surface area contributed by atoms with E-state index in [2.05, 4.69) is 20.4 Å². The van der Waals surface area contributed by atoms with Gasteiger partial charge in [-0.25, -0.2) is 0 Å². The van der Waals surface area contributed by atoms with E-state index in [1.165, 1.54) is 24.8 Å². The lowest BCUT2D eigenvalue weighted by molar-refractivity contribution is -0.109. The Bertz CT molecular complexity index is 195. The van der Waals surface area contributed by atoms with Crippen LogP contribution in [-0.2, 0) is 4.79 Å². The van der Waals surface area contributed by atoms with E-state index in [9.17, 15) is 4.79 Å². The first-order valence-electron chi connectivity index (χ1n) is 5.24. The molecule has 1 aliphatic carbocycles. The minimum absolute atomic E-state index is 0.605. The van der Waals surface area contributed by atoms with E-state index in [0.717, 1.165) is 18.6 Å². The van der Waals surface area contributed by atoms with E-state index in [0.29, 0.717) is 11.8 Å². The third kappa shape index (κ3) is 2.68. The van der Waals surface area contributed by atoms with Crippen LogP contribution in [0.25, 0.3) is 0 Å². The van der Waals surface area contributed by atoms with E-state index < -0.39 is 0 Å². The minimum atomic E-state index is 0.605. The average Bonchev–Trinajstić information content (AvgIpc) is 2.08. The summed E-state index contributed by atoms with van der Waals surface area (Å²) in [6.45, 7) is 8.39. The highest BCUT2D eigenvalue weighted by Gasteiger charge is 2.27. The zero-order valence-corrected chi connectivity index (χ0v) is 8.75. The largest absolute Gasteiger partial charge is 0.303 e. The first-order valence-corrected chi connectivity index (χ1v) is 5.24. The van der Waals surface area contributed by atoms with Crippen LogP contribution in [0.2, 0.25) is 0 Å². The molecule has 0 spiro atoms. The van der Waals surface area contributed by atoms with Gasteiger partial charge in [0.15, 0.2) is 0 Å². The second kappa shape index (κ2) is 4.59. The van der Waals surface area contributed by atoms with E-state index in [1.807, 2.05) is 0 Å². The molecule has 1 aliphatic rings.